The molecular weight excluding hydrogens is 288 g/mol. The zero-order valence-corrected chi connectivity index (χ0v) is 12.8. The first-order valence-electron chi connectivity index (χ1n) is 7.23. The molecule has 1 amide bonds. The quantitative estimate of drug-likeness (QED) is 0.889. The molecule has 5 nitrogen and oxygen atoms in total. The Labute approximate surface area is 135 Å². The number of carbonyl (C=O) groups is 1. The van der Waals surface area contributed by atoms with Gasteiger partial charge < -0.3 is 10.6 Å². The number of hydrogen-bond donors (Lipinski definition) is 2. The van der Waals surface area contributed by atoms with Crippen LogP contribution in [0.4, 0.5) is 5.69 Å². The summed E-state index contributed by atoms with van der Waals surface area (Å²) in [4.78, 5) is 11.7. The van der Waals surface area contributed by atoms with E-state index in [-0.39, 0.29) is 5.91 Å². The third kappa shape index (κ3) is 3.87. The van der Waals surface area contributed by atoms with Gasteiger partial charge in [0.1, 0.15) is 12.1 Å². The second-order valence-electron chi connectivity index (χ2n) is 4.86. The first kappa shape index (κ1) is 16.1. The Morgan fingerprint density at radius 3 is 2.17 bits per heavy atom. The Hall–Kier alpha value is -3.31. The molecule has 5 heteroatoms. The van der Waals surface area contributed by atoms with E-state index >= 15 is 0 Å². The molecule has 0 fully saturated rings. The number of nitriles is 2. The maximum Gasteiger partial charge on any atom is 0.251 e. The molecule has 0 atom stereocenters. The number of benzene rings is 2. The number of rotatable bonds is 5. The van der Waals surface area contributed by atoms with Crippen LogP contribution >= 0.6 is 0 Å². The van der Waals surface area contributed by atoms with Gasteiger partial charge in [-0.1, -0.05) is 18.2 Å². The van der Waals surface area contributed by atoms with Gasteiger partial charge in [-0.2, -0.15) is 10.5 Å². The van der Waals surface area contributed by atoms with Crippen LogP contribution in [0.1, 0.15) is 34.0 Å². The number of anilines is 1. The first-order chi connectivity index (χ1) is 11.2. The lowest BCUT2D eigenvalue weighted by Crippen LogP contribution is -2.22. The third-order valence-electron chi connectivity index (χ3n) is 3.33. The SMILES string of the molecule is CCNC(=O)c1ccc(CNc2c(C#N)cccc2C#N)cc1. The van der Waals surface area contributed by atoms with Crippen LogP contribution < -0.4 is 10.6 Å². The lowest BCUT2D eigenvalue weighted by atomic mass is 10.1. The minimum atomic E-state index is -0.103. The zero-order chi connectivity index (χ0) is 16.7. The molecule has 0 radical (unpaired) electrons. The molecule has 0 saturated heterocycles. The highest BCUT2D eigenvalue weighted by molar-refractivity contribution is 5.94. The topological polar surface area (TPSA) is 88.7 Å². The smallest absolute Gasteiger partial charge is 0.251 e. The van der Waals surface area contributed by atoms with Crippen LogP contribution in [0, 0.1) is 22.7 Å². The lowest BCUT2D eigenvalue weighted by molar-refractivity contribution is 0.0956. The molecule has 0 spiro atoms. The van der Waals surface area contributed by atoms with Crippen LogP contribution in [-0.4, -0.2) is 12.5 Å². The van der Waals surface area contributed by atoms with Gasteiger partial charge in [-0.25, -0.2) is 0 Å². The predicted molar refractivity (Wildman–Crippen MR) is 87.6 cm³/mol. The van der Waals surface area contributed by atoms with Crippen molar-refractivity contribution in [1.29, 1.82) is 10.5 Å². The average Bonchev–Trinajstić information content (AvgIpc) is 2.60. The summed E-state index contributed by atoms with van der Waals surface area (Å²) in [5, 5.41) is 24.2. The largest absolute Gasteiger partial charge is 0.379 e. The molecule has 0 bridgehead atoms. The highest BCUT2D eigenvalue weighted by atomic mass is 16.1. The molecule has 0 unspecified atom stereocenters. The molecule has 2 rings (SSSR count). The van der Waals surface area contributed by atoms with Gasteiger partial charge in [0, 0.05) is 18.7 Å². The molecular formula is C18H16N4O. The number of nitrogens with zero attached hydrogens (tertiary/aromatic N) is 2. The monoisotopic (exact) mass is 304 g/mol. The van der Waals surface area contributed by atoms with Crippen molar-refractivity contribution in [2.75, 3.05) is 11.9 Å². The van der Waals surface area contributed by atoms with Gasteiger partial charge in [0.05, 0.1) is 16.8 Å². The third-order valence-corrected chi connectivity index (χ3v) is 3.33. The molecule has 114 valence electrons. The van der Waals surface area contributed by atoms with Gasteiger partial charge in [-0.15, -0.1) is 0 Å². The zero-order valence-electron chi connectivity index (χ0n) is 12.8. The van der Waals surface area contributed by atoms with Gasteiger partial charge in [0.15, 0.2) is 0 Å². The molecule has 0 aromatic heterocycles. The number of amides is 1. The van der Waals surface area contributed by atoms with Crippen LogP contribution in [0.5, 0.6) is 0 Å². The van der Waals surface area contributed by atoms with Gasteiger partial charge in [-0.05, 0) is 36.8 Å². The standard InChI is InChI=1S/C18H16N4O/c1-2-21-18(23)14-8-6-13(7-9-14)12-22-17-15(10-19)4-3-5-16(17)11-20/h3-9,22H,2,12H2,1H3,(H,21,23). The van der Waals surface area contributed by atoms with E-state index in [4.69, 9.17) is 10.5 Å². The number of nitrogens with one attached hydrogen (secondary N) is 2. The fourth-order valence-corrected chi connectivity index (χ4v) is 2.16. The second-order valence-corrected chi connectivity index (χ2v) is 4.86. The summed E-state index contributed by atoms with van der Waals surface area (Å²) in [7, 11) is 0. The predicted octanol–water partition coefficient (Wildman–Crippen LogP) is 2.79. The van der Waals surface area contributed by atoms with Crippen molar-refractivity contribution in [3.05, 3.63) is 64.7 Å². The number of para-hydroxylation sites is 1. The Balaban J connectivity index is 2.12. The van der Waals surface area contributed by atoms with E-state index in [9.17, 15) is 4.79 Å². The maximum absolute atomic E-state index is 11.7. The molecule has 2 aromatic carbocycles. The molecule has 2 N–H and O–H groups in total. The van der Waals surface area contributed by atoms with Crippen LogP contribution in [0.25, 0.3) is 0 Å². The summed E-state index contributed by atoms with van der Waals surface area (Å²) in [6, 6.07) is 16.4. The average molecular weight is 304 g/mol. The van der Waals surface area contributed by atoms with Gasteiger partial charge >= 0.3 is 0 Å². The second kappa shape index (κ2) is 7.63. The van der Waals surface area contributed by atoms with E-state index in [1.807, 2.05) is 19.1 Å². The Morgan fingerprint density at radius 2 is 1.65 bits per heavy atom. The summed E-state index contributed by atoms with van der Waals surface area (Å²) in [6.45, 7) is 2.92. The van der Waals surface area contributed by atoms with E-state index in [2.05, 4.69) is 22.8 Å². The van der Waals surface area contributed by atoms with Crippen molar-refractivity contribution in [3.63, 3.8) is 0 Å². The van der Waals surface area contributed by atoms with E-state index in [1.165, 1.54) is 0 Å². The summed E-state index contributed by atoms with van der Waals surface area (Å²) in [5.74, 6) is -0.103. The molecule has 0 aliphatic heterocycles. The van der Waals surface area contributed by atoms with E-state index < -0.39 is 0 Å². The highest BCUT2D eigenvalue weighted by Gasteiger charge is 2.08. The van der Waals surface area contributed by atoms with E-state index in [0.29, 0.717) is 35.5 Å². The maximum atomic E-state index is 11.7. The summed E-state index contributed by atoms with van der Waals surface area (Å²) < 4.78 is 0. The van der Waals surface area contributed by atoms with Crippen molar-refractivity contribution in [2.24, 2.45) is 0 Å². The molecule has 0 aliphatic carbocycles. The van der Waals surface area contributed by atoms with Gasteiger partial charge in [0.25, 0.3) is 5.91 Å². The normalized spacial score (nSPS) is 9.52. The van der Waals surface area contributed by atoms with Crippen molar-refractivity contribution in [3.8, 4) is 12.1 Å². The van der Waals surface area contributed by atoms with Crippen molar-refractivity contribution >= 4 is 11.6 Å². The molecule has 0 saturated carbocycles. The van der Waals surface area contributed by atoms with E-state index in [1.54, 1.807) is 30.3 Å². The fourth-order valence-electron chi connectivity index (χ4n) is 2.16. The van der Waals surface area contributed by atoms with Crippen molar-refractivity contribution in [2.45, 2.75) is 13.5 Å². The summed E-state index contributed by atoms with van der Waals surface area (Å²) >= 11 is 0. The Kier molecular flexibility index (Phi) is 5.33. The van der Waals surface area contributed by atoms with Gasteiger partial charge in [-0.3, -0.25) is 4.79 Å². The van der Waals surface area contributed by atoms with Crippen molar-refractivity contribution in [1.82, 2.24) is 5.32 Å². The molecule has 0 heterocycles. The summed E-state index contributed by atoms with van der Waals surface area (Å²) in [5.41, 5.74) is 2.96. The fraction of sp³-hybridized carbons (Fsp3) is 0.167. The van der Waals surface area contributed by atoms with Crippen molar-refractivity contribution < 1.29 is 4.79 Å². The Morgan fingerprint density at radius 1 is 1.04 bits per heavy atom. The van der Waals surface area contributed by atoms with E-state index in [0.717, 1.165) is 5.56 Å². The van der Waals surface area contributed by atoms with Crippen LogP contribution in [0.2, 0.25) is 0 Å². The summed E-state index contributed by atoms with van der Waals surface area (Å²) in [6.07, 6.45) is 0. The molecule has 23 heavy (non-hydrogen) atoms. The van der Waals surface area contributed by atoms with Gasteiger partial charge in [0.2, 0.25) is 0 Å². The number of carbonyl (C=O) groups excluding carboxylic acids is 1. The minimum Gasteiger partial charge on any atom is -0.379 e. The van der Waals surface area contributed by atoms with Crippen LogP contribution in [0.15, 0.2) is 42.5 Å². The van der Waals surface area contributed by atoms with Crippen LogP contribution in [-0.2, 0) is 6.54 Å². The highest BCUT2D eigenvalue weighted by Crippen LogP contribution is 2.20. The lowest BCUT2D eigenvalue weighted by Gasteiger charge is -2.10. The first-order valence-corrected chi connectivity index (χ1v) is 7.23. The molecule has 2 aromatic rings. The minimum absolute atomic E-state index is 0.103. The van der Waals surface area contributed by atoms with Crippen LogP contribution in [0.3, 0.4) is 0 Å². The Bertz CT molecular complexity index is 750. The molecule has 0 aliphatic rings. The number of hydrogen-bond acceptors (Lipinski definition) is 4.